The maximum Gasteiger partial charge on any atom is 0.328 e. The number of unbranched alkanes of at least 4 members (excludes halogenated alkanes) is 1. The fourth-order valence-electron chi connectivity index (χ4n) is 5.22. The van der Waals surface area contributed by atoms with E-state index >= 15 is 0 Å². The van der Waals surface area contributed by atoms with Crippen LogP contribution in [0, 0.1) is 0 Å². The molecule has 0 aliphatic carbocycles. The van der Waals surface area contributed by atoms with Crippen LogP contribution in [-0.4, -0.2) is 66.0 Å². The van der Waals surface area contributed by atoms with E-state index in [4.69, 9.17) is 25.1 Å². The lowest BCUT2D eigenvalue weighted by molar-refractivity contribution is -0.134. The zero-order valence-corrected chi connectivity index (χ0v) is 24.0. The minimum atomic E-state index is -1.26. The highest BCUT2D eigenvalue weighted by molar-refractivity contribution is 5.89. The highest BCUT2D eigenvalue weighted by Crippen LogP contribution is 2.33. The summed E-state index contributed by atoms with van der Waals surface area (Å²) >= 11 is 0. The van der Waals surface area contributed by atoms with Crippen LogP contribution >= 0.6 is 0 Å². The highest BCUT2D eigenvalue weighted by atomic mass is 16.5. The Bertz CT molecular complexity index is 1580. The molecule has 222 valence electrons. The van der Waals surface area contributed by atoms with E-state index in [1.165, 1.54) is 11.1 Å². The molecule has 4 aromatic heterocycles. The van der Waals surface area contributed by atoms with Crippen LogP contribution in [0.1, 0.15) is 42.3 Å². The van der Waals surface area contributed by atoms with Gasteiger partial charge in [-0.25, -0.2) is 18.6 Å². The molecular formula is C33H35N5O5. The normalized spacial score (nSPS) is 13.6. The molecule has 0 unspecified atom stereocenters. The SMILES string of the molecule is CC(OCCCCN1CCc2ccccc2C1)(c1cc2ccccn2n1)c1cc2ccccn2n1.O=C(O)/C=C\C(=O)O. The average Bonchev–Trinajstić information content (AvgIpc) is 3.66. The van der Waals surface area contributed by atoms with E-state index in [1.807, 2.05) is 45.7 Å². The zero-order chi connectivity index (χ0) is 30.2. The number of carboxylic acid groups (broad SMARTS) is 2. The Hall–Kier alpha value is -4.80. The first-order valence-electron chi connectivity index (χ1n) is 14.3. The van der Waals surface area contributed by atoms with Crippen molar-refractivity contribution in [2.45, 2.75) is 38.3 Å². The molecule has 6 rings (SSSR count). The largest absolute Gasteiger partial charge is 0.478 e. The van der Waals surface area contributed by atoms with Gasteiger partial charge in [-0.2, -0.15) is 10.2 Å². The highest BCUT2D eigenvalue weighted by Gasteiger charge is 2.35. The van der Waals surface area contributed by atoms with Crippen molar-refractivity contribution in [3.8, 4) is 0 Å². The molecule has 1 aliphatic heterocycles. The lowest BCUT2D eigenvalue weighted by Gasteiger charge is -2.29. The number of rotatable bonds is 10. The molecule has 0 radical (unpaired) electrons. The molecule has 1 aromatic carbocycles. The van der Waals surface area contributed by atoms with Crippen LogP contribution in [0.3, 0.4) is 0 Å². The van der Waals surface area contributed by atoms with E-state index in [1.54, 1.807) is 0 Å². The maximum absolute atomic E-state index is 9.55. The van der Waals surface area contributed by atoms with Crippen LogP contribution in [0.25, 0.3) is 11.0 Å². The molecule has 0 atom stereocenters. The number of aliphatic carboxylic acids is 2. The van der Waals surface area contributed by atoms with Crippen molar-refractivity contribution < 1.29 is 24.5 Å². The Morgan fingerprint density at radius 2 is 1.40 bits per heavy atom. The van der Waals surface area contributed by atoms with Crippen LogP contribution in [-0.2, 0) is 32.9 Å². The van der Waals surface area contributed by atoms with Gasteiger partial charge >= 0.3 is 11.9 Å². The van der Waals surface area contributed by atoms with E-state index < -0.39 is 17.5 Å². The van der Waals surface area contributed by atoms with Crippen molar-refractivity contribution in [2.24, 2.45) is 0 Å². The first kappa shape index (κ1) is 29.7. The maximum atomic E-state index is 9.55. The third kappa shape index (κ3) is 7.35. The molecule has 10 nitrogen and oxygen atoms in total. The topological polar surface area (TPSA) is 122 Å². The van der Waals surface area contributed by atoms with Gasteiger partial charge < -0.3 is 14.9 Å². The van der Waals surface area contributed by atoms with Gasteiger partial charge in [-0.15, -0.1) is 0 Å². The van der Waals surface area contributed by atoms with Gasteiger partial charge in [0.1, 0.15) is 11.4 Å². The van der Waals surface area contributed by atoms with Gasteiger partial charge in [0.05, 0.1) is 11.0 Å². The molecule has 5 aromatic rings. The van der Waals surface area contributed by atoms with Crippen molar-refractivity contribution in [1.29, 1.82) is 0 Å². The smallest absolute Gasteiger partial charge is 0.328 e. The van der Waals surface area contributed by atoms with Gasteiger partial charge in [-0.05, 0) is 80.3 Å². The molecule has 0 saturated carbocycles. The molecule has 2 N–H and O–H groups in total. The molecule has 10 heteroatoms. The summed E-state index contributed by atoms with van der Waals surface area (Å²) in [5.41, 5.74) is 6.09. The molecule has 0 amide bonds. The third-order valence-corrected chi connectivity index (χ3v) is 7.56. The number of carbonyl (C=O) groups is 2. The molecule has 0 saturated heterocycles. The Morgan fingerprint density at radius 1 is 0.837 bits per heavy atom. The summed E-state index contributed by atoms with van der Waals surface area (Å²) in [6, 6.07) is 25.2. The second-order valence-electron chi connectivity index (χ2n) is 10.6. The number of carboxylic acids is 2. The Balaban J connectivity index is 0.000000407. The van der Waals surface area contributed by atoms with Gasteiger partial charge in [-0.1, -0.05) is 36.4 Å². The van der Waals surface area contributed by atoms with Crippen LogP contribution in [0.15, 0.2) is 97.3 Å². The zero-order valence-electron chi connectivity index (χ0n) is 24.0. The number of nitrogens with zero attached hydrogens (tertiary/aromatic N) is 5. The summed E-state index contributed by atoms with van der Waals surface area (Å²) in [7, 11) is 0. The number of hydrogen-bond donors (Lipinski definition) is 2. The van der Waals surface area contributed by atoms with Crippen molar-refractivity contribution in [3.05, 3.63) is 120 Å². The lowest BCUT2D eigenvalue weighted by Crippen LogP contribution is -2.32. The predicted octanol–water partition coefficient (Wildman–Crippen LogP) is 4.81. The predicted molar refractivity (Wildman–Crippen MR) is 162 cm³/mol. The van der Waals surface area contributed by atoms with Crippen molar-refractivity contribution in [1.82, 2.24) is 24.1 Å². The average molecular weight is 582 g/mol. The van der Waals surface area contributed by atoms with Crippen molar-refractivity contribution in [2.75, 3.05) is 19.7 Å². The number of pyridine rings is 2. The minimum Gasteiger partial charge on any atom is -0.478 e. The lowest BCUT2D eigenvalue weighted by atomic mass is 9.97. The minimum absolute atomic E-state index is 0.558. The number of benzene rings is 1. The van der Waals surface area contributed by atoms with Crippen molar-refractivity contribution in [3.63, 3.8) is 0 Å². The summed E-state index contributed by atoms with van der Waals surface area (Å²) in [5.74, 6) is -2.51. The van der Waals surface area contributed by atoms with E-state index in [0.717, 1.165) is 61.3 Å². The second-order valence-corrected chi connectivity index (χ2v) is 10.6. The number of fused-ring (bicyclic) bond motifs is 3. The molecule has 0 spiro atoms. The van der Waals surface area contributed by atoms with Gasteiger partial charge in [0.25, 0.3) is 0 Å². The monoisotopic (exact) mass is 581 g/mol. The van der Waals surface area contributed by atoms with E-state index in [0.29, 0.717) is 18.8 Å². The van der Waals surface area contributed by atoms with Crippen LogP contribution in [0.5, 0.6) is 0 Å². The van der Waals surface area contributed by atoms with Crippen LogP contribution < -0.4 is 0 Å². The quantitative estimate of drug-likeness (QED) is 0.178. The fraction of sp³-hybridized carbons (Fsp3) is 0.273. The number of hydrogen-bond acceptors (Lipinski definition) is 6. The van der Waals surface area contributed by atoms with Gasteiger partial charge in [-0.3, -0.25) is 4.90 Å². The third-order valence-electron chi connectivity index (χ3n) is 7.56. The van der Waals surface area contributed by atoms with Crippen LogP contribution in [0.4, 0.5) is 0 Å². The summed E-state index contributed by atoms with van der Waals surface area (Å²) in [6.07, 6.45) is 8.31. The van der Waals surface area contributed by atoms with Crippen molar-refractivity contribution >= 4 is 23.0 Å². The fourth-order valence-corrected chi connectivity index (χ4v) is 5.22. The van der Waals surface area contributed by atoms with E-state index in [-0.39, 0.29) is 0 Å². The standard InChI is InChI=1S/C29H31N5O.C4H4O4/c1-29(27-20-25-12-4-6-16-33(25)30-27,28-21-26-13-5-7-17-34(26)31-28)35-19-9-8-15-32-18-14-23-10-2-3-11-24(23)22-32;5-3(6)1-2-4(7)8/h2-7,10-13,16-17,20-21H,8-9,14-15,18-19,22H2,1H3;1-2H,(H,5,6)(H,7,8)/b;2-1-. The van der Waals surface area contributed by atoms with E-state index in [2.05, 4.69) is 60.4 Å². The molecule has 1 aliphatic rings. The summed E-state index contributed by atoms with van der Waals surface area (Å²) < 4.78 is 10.4. The second kappa shape index (κ2) is 13.5. The number of aromatic nitrogens is 4. The summed E-state index contributed by atoms with van der Waals surface area (Å²) in [4.78, 5) is 21.7. The summed E-state index contributed by atoms with van der Waals surface area (Å²) in [6.45, 7) is 6.03. The molecule has 0 fully saturated rings. The van der Waals surface area contributed by atoms with E-state index in [9.17, 15) is 9.59 Å². The Kier molecular flexibility index (Phi) is 9.29. The number of ether oxygens (including phenoxy) is 1. The molecule has 0 bridgehead atoms. The molecular weight excluding hydrogens is 546 g/mol. The van der Waals surface area contributed by atoms with Gasteiger partial charge in [0, 0.05) is 44.2 Å². The first-order valence-corrected chi connectivity index (χ1v) is 14.3. The first-order chi connectivity index (χ1) is 20.8. The summed E-state index contributed by atoms with van der Waals surface area (Å²) in [5, 5.41) is 25.3. The molecule has 5 heterocycles. The molecule has 43 heavy (non-hydrogen) atoms. The Morgan fingerprint density at radius 3 is 1.95 bits per heavy atom. The van der Waals surface area contributed by atoms with Crippen LogP contribution in [0.2, 0.25) is 0 Å². The van der Waals surface area contributed by atoms with Gasteiger partial charge in [0.2, 0.25) is 0 Å². The Labute approximate surface area is 249 Å². The van der Waals surface area contributed by atoms with Gasteiger partial charge in [0.15, 0.2) is 5.60 Å².